The lowest BCUT2D eigenvalue weighted by atomic mass is 10.2. The van der Waals surface area contributed by atoms with Crippen LogP contribution in [0.15, 0.2) is 40.0 Å². The highest BCUT2D eigenvalue weighted by molar-refractivity contribution is 5.80. The summed E-state index contributed by atoms with van der Waals surface area (Å²) in [5.41, 5.74) is 0. The Morgan fingerprint density at radius 1 is 1.30 bits per heavy atom. The minimum atomic E-state index is 0.178. The Bertz CT molecular complexity index is 483. The third-order valence-corrected chi connectivity index (χ3v) is 4.24. The minimum absolute atomic E-state index is 0.178. The van der Waals surface area contributed by atoms with E-state index >= 15 is 0 Å². The molecule has 1 aliphatic carbocycles. The zero-order chi connectivity index (χ0) is 16.5. The maximum Gasteiger partial charge on any atom is 0.191 e. The molecule has 2 rings (SSSR count). The van der Waals surface area contributed by atoms with Crippen LogP contribution in [-0.4, -0.2) is 43.1 Å². The summed E-state index contributed by atoms with van der Waals surface area (Å²) in [6, 6.07) is 4.63. The number of likely N-dealkylation sites (N-methyl/N-ethyl adjacent to an activating group) is 1. The standard InChI is InChI=1S/C18H30N4O/c1-4-19-18(21-15-10-7-8-11-15)20-14-16(22(5-2)6-3)17-12-9-13-23-17/h7-9,12-13,15-16H,4-6,10-11,14H2,1-3H3,(H2,19,20,21). The van der Waals surface area contributed by atoms with E-state index in [-0.39, 0.29) is 6.04 Å². The van der Waals surface area contributed by atoms with E-state index in [1.54, 1.807) is 6.26 Å². The molecule has 0 aromatic carbocycles. The maximum absolute atomic E-state index is 5.64. The summed E-state index contributed by atoms with van der Waals surface area (Å²) in [7, 11) is 0. The molecule has 128 valence electrons. The SMILES string of the molecule is CCNC(=NCC(c1ccco1)N(CC)CC)NC1CC=CC1. The Balaban J connectivity index is 2.05. The van der Waals surface area contributed by atoms with E-state index < -0.39 is 0 Å². The van der Waals surface area contributed by atoms with E-state index in [0.717, 1.165) is 44.2 Å². The molecule has 1 unspecified atom stereocenters. The lowest BCUT2D eigenvalue weighted by Crippen LogP contribution is -2.43. The molecule has 0 fully saturated rings. The van der Waals surface area contributed by atoms with Crippen LogP contribution in [0.2, 0.25) is 0 Å². The van der Waals surface area contributed by atoms with Gasteiger partial charge in [-0.05, 0) is 45.0 Å². The average Bonchev–Trinajstić information content (AvgIpc) is 3.25. The van der Waals surface area contributed by atoms with Crippen LogP contribution in [0.3, 0.4) is 0 Å². The number of aliphatic imine (C=N–C) groups is 1. The first kappa shape index (κ1) is 17.6. The first-order chi connectivity index (χ1) is 11.3. The van der Waals surface area contributed by atoms with E-state index in [1.807, 2.05) is 12.1 Å². The van der Waals surface area contributed by atoms with Crippen LogP contribution < -0.4 is 10.6 Å². The molecule has 0 bridgehead atoms. The fourth-order valence-electron chi connectivity index (χ4n) is 2.96. The Labute approximate surface area is 139 Å². The van der Waals surface area contributed by atoms with Gasteiger partial charge in [-0.1, -0.05) is 26.0 Å². The molecule has 0 amide bonds. The van der Waals surface area contributed by atoms with Gasteiger partial charge in [0.1, 0.15) is 5.76 Å². The molecule has 1 atom stereocenters. The van der Waals surface area contributed by atoms with Crippen molar-refractivity contribution in [2.45, 2.75) is 45.7 Å². The number of nitrogens with zero attached hydrogens (tertiary/aromatic N) is 2. The zero-order valence-electron chi connectivity index (χ0n) is 14.6. The lowest BCUT2D eigenvalue weighted by Gasteiger charge is -2.27. The second-order valence-electron chi connectivity index (χ2n) is 5.76. The van der Waals surface area contributed by atoms with Gasteiger partial charge in [0.2, 0.25) is 0 Å². The number of guanidine groups is 1. The summed E-state index contributed by atoms with van der Waals surface area (Å²) in [4.78, 5) is 7.19. The fraction of sp³-hybridized carbons (Fsp3) is 0.611. The third kappa shape index (κ3) is 5.13. The Kier molecular flexibility index (Phi) is 7.20. The summed E-state index contributed by atoms with van der Waals surface area (Å²) in [6.07, 6.45) is 8.33. The van der Waals surface area contributed by atoms with E-state index in [2.05, 4.69) is 48.5 Å². The molecule has 2 N–H and O–H groups in total. The van der Waals surface area contributed by atoms with Gasteiger partial charge in [-0.25, -0.2) is 0 Å². The zero-order valence-corrected chi connectivity index (χ0v) is 14.6. The first-order valence-corrected chi connectivity index (χ1v) is 8.75. The van der Waals surface area contributed by atoms with Crippen molar-refractivity contribution in [2.24, 2.45) is 4.99 Å². The van der Waals surface area contributed by atoms with Crippen molar-refractivity contribution in [1.29, 1.82) is 0 Å². The fourth-order valence-corrected chi connectivity index (χ4v) is 2.96. The van der Waals surface area contributed by atoms with Crippen molar-refractivity contribution >= 4 is 5.96 Å². The molecule has 1 heterocycles. The van der Waals surface area contributed by atoms with Gasteiger partial charge in [0.05, 0.1) is 18.8 Å². The highest BCUT2D eigenvalue weighted by Crippen LogP contribution is 2.21. The van der Waals surface area contributed by atoms with Crippen molar-refractivity contribution in [3.63, 3.8) is 0 Å². The minimum Gasteiger partial charge on any atom is -0.468 e. The smallest absolute Gasteiger partial charge is 0.191 e. The number of rotatable bonds is 8. The van der Waals surface area contributed by atoms with Gasteiger partial charge in [0.15, 0.2) is 5.96 Å². The third-order valence-electron chi connectivity index (χ3n) is 4.24. The Morgan fingerprint density at radius 3 is 2.61 bits per heavy atom. The molecule has 0 spiro atoms. The van der Waals surface area contributed by atoms with E-state index in [0.29, 0.717) is 12.6 Å². The number of furan rings is 1. The molecular weight excluding hydrogens is 288 g/mol. The van der Waals surface area contributed by atoms with E-state index in [9.17, 15) is 0 Å². The van der Waals surface area contributed by atoms with Gasteiger partial charge >= 0.3 is 0 Å². The predicted molar refractivity (Wildman–Crippen MR) is 95.6 cm³/mol. The van der Waals surface area contributed by atoms with Crippen LogP contribution in [0.25, 0.3) is 0 Å². The highest BCUT2D eigenvalue weighted by Gasteiger charge is 2.21. The summed E-state index contributed by atoms with van der Waals surface area (Å²) < 4.78 is 5.64. The quantitative estimate of drug-likeness (QED) is 0.440. The molecule has 0 radical (unpaired) electrons. The van der Waals surface area contributed by atoms with Crippen molar-refractivity contribution < 1.29 is 4.42 Å². The van der Waals surface area contributed by atoms with Crippen LogP contribution in [0.1, 0.15) is 45.4 Å². The molecule has 1 aliphatic rings. The van der Waals surface area contributed by atoms with E-state index in [4.69, 9.17) is 9.41 Å². The summed E-state index contributed by atoms with van der Waals surface area (Å²) >= 11 is 0. The molecule has 1 aromatic rings. The van der Waals surface area contributed by atoms with Crippen LogP contribution in [0.4, 0.5) is 0 Å². The molecule has 0 saturated carbocycles. The van der Waals surface area contributed by atoms with Gasteiger partial charge in [-0.3, -0.25) is 9.89 Å². The molecule has 23 heavy (non-hydrogen) atoms. The number of hydrogen-bond donors (Lipinski definition) is 2. The van der Waals surface area contributed by atoms with Crippen molar-refractivity contribution in [3.05, 3.63) is 36.3 Å². The second-order valence-corrected chi connectivity index (χ2v) is 5.76. The highest BCUT2D eigenvalue weighted by atomic mass is 16.3. The molecule has 5 heteroatoms. The van der Waals surface area contributed by atoms with Gasteiger partial charge in [0, 0.05) is 12.6 Å². The van der Waals surface area contributed by atoms with Gasteiger partial charge in [-0.2, -0.15) is 0 Å². The molecule has 0 saturated heterocycles. The van der Waals surface area contributed by atoms with Crippen LogP contribution in [0, 0.1) is 0 Å². The maximum atomic E-state index is 5.64. The van der Waals surface area contributed by atoms with Crippen LogP contribution >= 0.6 is 0 Å². The van der Waals surface area contributed by atoms with Crippen LogP contribution in [-0.2, 0) is 0 Å². The van der Waals surface area contributed by atoms with E-state index in [1.165, 1.54) is 0 Å². The second kappa shape index (κ2) is 9.40. The van der Waals surface area contributed by atoms with Crippen LogP contribution in [0.5, 0.6) is 0 Å². The van der Waals surface area contributed by atoms with Gasteiger partial charge in [-0.15, -0.1) is 0 Å². The summed E-state index contributed by atoms with van der Waals surface area (Å²) in [6.45, 7) is 9.96. The number of hydrogen-bond acceptors (Lipinski definition) is 3. The normalized spacial score (nSPS) is 17.0. The van der Waals surface area contributed by atoms with Crippen molar-refractivity contribution in [1.82, 2.24) is 15.5 Å². The largest absolute Gasteiger partial charge is 0.468 e. The average molecular weight is 318 g/mol. The van der Waals surface area contributed by atoms with Gasteiger partial charge < -0.3 is 15.1 Å². The Hall–Kier alpha value is -1.75. The predicted octanol–water partition coefficient (Wildman–Crippen LogP) is 2.94. The molecular formula is C18H30N4O. The molecule has 1 aromatic heterocycles. The topological polar surface area (TPSA) is 52.8 Å². The van der Waals surface area contributed by atoms with Crippen molar-refractivity contribution in [2.75, 3.05) is 26.2 Å². The lowest BCUT2D eigenvalue weighted by molar-refractivity contribution is 0.198. The summed E-state index contributed by atoms with van der Waals surface area (Å²) in [5.74, 6) is 1.88. The first-order valence-electron chi connectivity index (χ1n) is 8.75. The monoisotopic (exact) mass is 318 g/mol. The number of nitrogens with one attached hydrogen (secondary N) is 2. The van der Waals surface area contributed by atoms with Gasteiger partial charge in [0.25, 0.3) is 0 Å². The Morgan fingerprint density at radius 2 is 2.04 bits per heavy atom. The molecule has 0 aliphatic heterocycles. The van der Waals surface area contributed by atoms with Crippen molar-refractivity contribution in [3.8, 4) is 0 Å². The summed E-state index contributed by atoms with van der Waals surface area (Å²) in [5, 5.41) is 6.87. The molecule has 5 nitrogen and oxygen atoms in total.